The van der Waals surface area contributed by atoms with Crippen LogP contribution in [-0.2, 0) is 18.4 Å². The lowest BCUT2D eigenvalue weighted by Crippen LogP contribution is -2.39. The average Bonchev–Trinajstić information content (AvgIpc) is 2.82. The zero-order chi connectivity index (χ0) is 13.0. The van der Waals surface area contributed by atoms with Crippen molar-refractivity contribution < 1.29 is 0 Å². The molecule has 1 aromatic heterocycles. The predicted molar refractivity (Wildman–Crippen MR) is 79.3 cm³/mol. The first kappa shape index (κ1) is 14.0. The normalized spacial score (nSPS) is 15.7. The fraction of sp³-hybridized carbons (Fsp3) is 0.800. The van der Waals surface area contributed by atoms with Crippen molar-refractivity contribution in [3.05, 3.63) is 15.6 Å². The van der Waals surface area contributed by atoms with E-state index in [2.05, 4.69) is 26.2 Å². The van der Waals surface area contributed by atoms with Crippen LogP contribution in [0.2, 0.25) is 0 Å². The van der Waals surface area contributed by atoms with E-state index in [0.29, 0.717) is 0 Å². The van der Waals surface area contributed by atoms with Gasteiger partial charge in [0.05, 0.1) is 11.2 Å². The molecule has 0 atom stereocenters. The minimum absolute atomic E-state index is 0.130. The Morgan fingerprint density at radius 1 is 1.17 bits per heavy atom. The lowest BCUT2D eigenvalue weighted by atomic mass is 9.89. The minimum atomic E-state index is 0.130. The number of hydrogen-bond acceptors (Lipinski definition) is 3. The van der Waals surface area contributed by atoms with Gasteiger partial charge in [0.2, 0.25) is 0 Å². The largest absolute Gasteiger partial charge is 0.308 e. The maximum atomic E-state index is 4.99. The molecule has 0 aliphatic heterocycles. The summed E-state index contributed by atoms with van der Waals surface area (Å²) < 4.78 is 0. The second-order valence-corrected chi connectivity index (χ2v) is 6.51. The molecule has 18 heavy (non-hydrogen) atoms. The van der Waals surface area contributed by atoms with Gasteiger partial charge in [-0.2, -0.15) is 0 Å². The van der Waals surface area contributed by atoms with E-state index in [1.165, 1.54) is 62.1 Å². The molecule has 0 saturated carbocycles. The van der Waals surface area contributed by atoms with Crippen molar-refractivity contribution in [2.24, 2.45) is 0 Å². The number of nitrogens with zero attached hydrogens (tertiary/aromatic N) is 1. The predicted octanol–water partition coefficient (Wildman–Crippen LogP) is 4.04. The monoisotopic (exact) mass is 266 g/mol. The standard InChI is InChI=1S/C15H26N2S/c1-4-10-15(16-3,11-5-2)14-17-12-8-6-7-9-13(12)18-14/h16H,4-11H2,1-3H3. The Balaban J connectivity index is 2.31. The van der Waals surface area contributed by atoms with E-state index in [1.54, 1.807) is 4.88 Å². The van der Waals surface area contributed by atoms with Crippen molar-refractivity contribution in [2.45, 2.75) is 70.8 Å². The molecular weight excluding hydrogens is 240 g/mol. The summed E-state index contributed by atoms with van der Waals surface area (Å²) in [6.45, 7) is 4.55. The fourth-order valence-electron chi connectivity index (χ4n) is 3.11. The summed E-state index contributed by atoms with van der Waals surface area (Å²) in [4.78, 5) is 6.55. The number of aryl methyl sites for hydroxylation is 2. The lowest BCUT2D eigenvalue weighted by Gasteiger charge is -2.31. The molecule has 0 amide bonds. The SMILES string of the molecule is CCCC(CCC)(NC)c1nc2c(s1)CCCC2. The highest BCUT2D eigenvalue weighted by molar-refractivity contribution is 7.11. The van der Waals surface area contributed by atoms with Crippen molar-refractivity contribution in [1.29, 1.82) is 0 Å². The van der Waals surface area contributed by atoms with Crippen LogP contribution in [0, 0.1) is 0 Å². The Labute approximate surface area is 115 Å². The van der Waals surface area contributed by atoms with Gasteiger partial charge in [-0.1, -0.05) is 26.7 Å². The van der Waals surface area contributed by atoms with E-state index in [1.807, 2.05) is 11.3 Å². The van der Waals surface area contributed by atoms with Crippen molar-refractivity contribution in [2.75, 3.05) is 7.05 Å². The molecule has 102 valence electrons. The van der Waals surface area contributed by atoms with E-state index in [9.17, 15) is 0 Å². The van der Waals surface area contributed by atoms with Gasteiger partial charge in [-0.15, -0.1) is 11.3 Å². The van der Waals surface area contributed by atoms with Crippen LogP contribution in [0.5, 0.6) is 0 Å². The third-order valence-electron chi connectivity index (χ3n) is 4.09. The Kier molecular flexibility index (Phi) is 4.79. The second-order valence-electron chi connectivity index (χ2n) is 5.43. The molecule has 3 heteroatoms. The number of thiazole rings is 1. The van der Waals surface area contributed by atoms with Crippen LogP contribution >= 0.6 is 11.3 Å². The summed E-state index contributed by atoms with van der Waals surface area (Å²) in [6.07, 6.45) is 9.95. The first-order valence-electron chi connectivity index (χ1n) is 7.43. The van der Waals surface area contributed by atoms with Gasteiger partial charge in [-0.05, 0) is 45.6 Å². The molecule has 1 aliphatic carbocycles. The van der Waals surface area contributed by atoms with Crippen LogP contribution in [0.15, 0.2) is 0 Å². The number of fused-ring (bicyclic) bond motifs is 1. The third-order valence-corrected chi connectivity index (χ3v) is 5.45. The Bertz CT molecular complexity index is 354. The van der Waals surface area contributed by atoms with E-state index >= 15 is 0 Å². The second kappa shape index (κ2) is 6.16. The van der Waals surface area contributed by atoms with Crippen LogP contribution in [0.1, 0.15) is 68.0 Å². The average molecular weight is 266 g/mol. The molecule has 0 unspecified atom stereocenters. The number of hydrogen-bond donors (Lipinski definition) is 1. The van der Waals surface area contributed by atoms with Crippen molar-refractivity contribution in [3.8, 4) is 0 Å². The van der Waals surface area contributed by atoms with Gasteiger partial charge in [0.25, 0.3) is 0 Å². The smallest absolute Gasteiger partial charge is 0.113 e. The molecule has 0 saturated heterocycles. The highest BCUT2D eigenvalue weighted by Crippen LogP contribution is 2.37. The molecule has 2 nitrogen and oxygen atoms in total. The van der Waals surface area contributed by atoms with E-state index < -0.39 is 0 Å². The zero-order valence-electron chi connectivity index (χ0n) is 12.0. The molecule has 0 aromatic carbocycles. The summed E-state index contributed by atoms with van der Waals surface area (Å²) in [5, 5.41) is 4.94. The Hall–Kier alpha value is -0.410. The molecule has 0 radical (unpaired) electrons. The summed E-state index contributed by atoms with van der Waals surface area (Å²) in [5.41, 5.74) is 1.53. The van der Waals surface area contributed by atoms with Gasteiger partial charge in [-0.3, -0.25) is 0 Å². The van der Waals surface area contributed by atoms with E-state index in [4.69, 9.17) is 4.98 Å². The van der Waals surface area contributed by atoms with Crippen molar-refractivity contribution in [3.63, 3.8) is 0 Å². The third kappa shape index (κ3) is 2.62. The van der Waals surface area contributed by atoms with Gasteiger partial charge in [0.15, 0.2) is 0 Å². The maximum absolute atomic E-state index is 4.99. The molecule has 1 aliphatic rings. The van der Waals surface area contributed by atoms with Gasteiger partial charge in [0, 0.05) is 4.88 Å². The zero-order valence-corrected chi connectivity index (χ0v) is 12.8. The Morgan fingerprint density at radius 3 is 2.39 bits per heavy atom. The van der Waals surface area contributed by atoms with Gasteiger partial charge < -0.3 is 5.32 Å². The van der Waals surface area contributed by atoms with Gasteiger partial charge >= 0.3 is 0 Å². The Morgan fingerprint density at radius 2 is 1.83 bits per heavy atom. The molecule has 1 heterocycles. The van der Waals surface area contributed by atoms with E-state index in [-0.39, 0.29) is 5.54 Å². The maximum Gasteiger partial charge on any atom is 0.113 e. The fourth-order valence-corrected chi connectivity index (χ4v) is 4.51. The van der Waals surface area contributed by atoms with Crippen molar-refractivity contribution >= 4 is 11.3 Å². The first-order valence-corrected chi connectivity index (χ1v) is 8.25. The summed E-state index contributed by atoms with van der Waals surface area (Å²) >= 11 is 1.97. The first-order chi connectivity index (χ1) is 8.75. The van der Waals surface area contributed by atoms with Crippen LogP contribution in [0.4, 0.5) is 0 Å². The van der Waals surface area contributed by atoms with E-state index in [0.717, 1.165) is 0 Å². The molecular formula is C15H26N2S. The van der Waals surface area contributed by atoms with Gasteiger partial charge in [-0.25, -0.2) is 4.98 Å². The van der Waals surface area contributed by atoms with Gasteiger partial charge in [0.1, 0.15) is 5.01 Å². The highest BCUT2D eigenvalue weighted by Gasteiger charge is 2.33. The highest BCUT2D eigenvalue weighted by atomic mass is 32.1. The molecule has 0 fully saturated rings. The molecule has 2 rings (SSSR count). The van der Waals surface area contributed by atoms with Crippen LogP contribution in [0.3, 0.4) is 0 Å². The topological polar surface area (TPSA) is 24.9 Å². The molecule has 1 N–H and O–H groups in total. The summed E-state index contributed by atoms with van der Waals surface area (Å²) in [6, 6.07) is 0. The number of aromatic nitrogens is 1. The molecule has 0 spiro atoms. The quantitative estimate of drug-likeness (QED) is 0.840. The number of nitrogens with one attached hydrogen (secondary N) is 1. The van der Waals surface area contributed by atoms with Crippen LogP contribution in [-0.4, -0.2) is 12.0 Å². The van der Waals surface area contributed by atoms with Crippen LogP contribution < -0.4 is 5.32 Å². The van der Waals surface area contributed by atoms with Crippen LogP contribution in [0.25, 0.3) is 0 Å². The molecule has 0 bridgehead atoms. The number of rotatable bonds is 6. The summed E-state index contributed by atoms with van der Waals surface area (Å²) in [5.74, 6) is 0. The van der Waals surface area contributed by atoms with Crippen molar-refractivity contribution in [1.82, 2.24) is 10.3 Å². The minimum Gasteiger partial charge on any atom is -0.308 e. The molecule has 1 aromatic rings. The lowest BCUT2D eigenvalue weighted by molar-refractivity contribution is 0.300. The summed E-state index contributed by atoms with van der Waals surface area (Å²) in [7, 11) is 2.10.